The van der Waals surface area contributed by atoms with E-state index in [9.17, 15) is 4.79 Å². The Kier molecular flexibility index (Phi) is 6.04. The van der Waals surface area contributed by atoms with Gasteiger partial charge in [-0.1, -0.05) is 24.3 Å². The van der Waals surface area contributed by atoms with Crippen LogP contribution in [0.2, 0.25) is 0 Å². The number of para-hydroxylation sites is 1. The number of carbonyl (C=O) groups excluding carboxylic acids is 1. The average Bonchev–Trinajstić information content (AvgIpc) is 3.03. The number of allylic oxidation sites excluding steroid dienone is 1. The van der Waals surface area contributed by atoms with Gasteiger partial charge in [0.25, 0.3) is 5.91 Å². The molecule has 0 saturated carbocycles. The van der Waals surface area contributed by atoms with Gasteiger partial charge >= 0.3 is 0 Å². The Balaban J connectivity index is 1.74. The molecule has 0 atom stereocenters. The summed E-state index contributed by atoms with van der Waals surface area (Å²) in [4.78, 5) is 22.8. The van der Waals surface area contributed by atoms with Gasteiger partial charge in [-0.15, -0.1) is 0 Å². The largest absolute Gasteiger partial charge is 0.363 e. The molecular weight excluding hydrogens is 414 g/mol. The van der Waals surface area contributed by atoms with E-state index in [1.54, 1.807) is 4.90 Å². The molecule has 0 bridgehead atoms. The first kappa shape index (κ1) is 22.4. The summed E-state index contributed by atoms with van der Waals surface area (Å²) in [6.07, 6.45) is 4.37. The quantitative estimate of drug-likeness (QED) is 0.495. The first-order valence-corrected chi connectivity index (χ1v) is 12.0. The van der Waals surface area contributed by atoms with Crippen LogP contribution >= 0.6 is 11.8 Å². The molecule has 0 radical (unpaired) electrons. The highest BCUT2D eigenvalue weighted by Crippen LogP contribution is 2.41. The number of hydrogen-bond donors (Lipinski definition) is 0. The highest BCUT2D eigenvalue weighted by molar-refractivity contribution is 8.18. The van der Waals surface area contributed by atoms with Crippen molar-refractivity contribution in [3.8, 4) is 0 Å². The van der Waals surface area contributed by atoms with Crippen LogP contribution in [0.3, 0.4) is 0 Å². The lowest BCUT2D eigenvalue weighted by Crippen LogP contribution is -2.44. The van der Waals surface area contributed by atoms with E-state index in [2.05, 4.69) is 57.7 Å². The number of carbonyl (C=O) groups is 1. The van der Waals surface area contributed by atoms with Crippen molar-refractivity contribution in [3.63, 3.8) is 0 Å². The van der Waals surface area contributed by atoms with E-state index in [1.807, 2.05) is 43.3 Å². The number of aryl methyl sites for hydroxylation is 1. The summed E-state index contributed by atoms with van der Waals surface area (Å²) < 4.78 is 0. The van der Waals surface area contributed by atoms with Gasteiger partial charge in [-0.05, 0) is 100 Å². The van der Waals surface area contributed by atoms with E-state index < -0.39 is 0 Å². The second kappa shape index (κ2) is 8.62. The van der Waals surface area contributed by atoms with Crippen LogP contribution in [-0.2, 0) is 4.79 Å². The number of fused-ring (bicyclic) bond motifs is 1. The highest BCUT2D eigenvalue weighted by Gasteiger charge is 2.33. The van der Waals surface area contributed by atoms with Gasteiger partial charge in [0, 0.05) is 24.3 Å². The summed E-state index contributed by atoms with van der Waals surface area (Å²) in [7, 11) is 0. The van der Waals surface area contributed by atoms with Crippen LogP contribution < -0.4 is 4.90 Å². The fourth-order valence-electron chi connectivity index (χ4n) is 4.60. The van der Waals surface area contributed by atoms with Crippen molar-refractivity contribution in [2.45, 2.75) is 47.1 Å². The van der Waals surface area contributed by atoms with Crippen LogP contribution in [0.4, 0.5) is 11.4 Å². The number of likely N-dealkylation sites (N-methyl/N-ethyl adjacent to an activating group) is 2. The van der Waals surface area contributed by atoms with Gasteiger partial charge in [0.1, 0.15) is 0 Å². The molecule has 0 unspecified atom stereocenters. The third-order valence-corrected chi connectivity index (χ3v) is 7.16. The number of anilines is 1. The topological polar surface area (TPSA) is 35.9 Å². The molecule has 2 aliphatic rings. The second-order valence-electron chi connectivity index (χ2n) is 8.84. The Labute approximate surface area is 195 Å². The van der Waals surface area contributed by atoms with Crippen molar-refractivity contribution in [2.24, 2.45) is 4.99 Å². The molecule has 0 N–H and O–H groups in total. The maximum Gasteiger partial charge on any atom is 0.266 e. The number of nitrogens with zero attached hydrogens (tertiary/aromatic N) is 3. The van der Waals surface area contributed by atoms with E-state index >= 15 is 0 Å². The summed E-state index contributed by atoms with van der Waals surface area (Å²) in [5.74, 6) is 0.0212. The van der Waals surface area contributed by atoms with Gasteiger partial charge in [0.05, 0.1) is 16.1 Å². The Morgan fingerprint density at radius 2 is 1.78 bits per heavy atom. The zero-order valence-corrected chi connectivity index (χ0v) is 20.6. The van der Waals surface area contributed by atoms with Crippen LogP contribution in [0.1, 0.15) is 51.3 Å². The third-order valence-electron chi connectivity index (χ3n) is 6.15. The number of benzene rings is 2. The van der Waals surface area contributed by atoms with Crippen molar-refractivity contribution in [2.75, 3.05) is 18.0 Å². The summed E-state index contributed by atoms with van der Waals surface area (Å²) >= 11 is 1.46. The molecule has 2 aliphatic heterocycles. The molecule has 2 aromatic carbocycles. The lowest BCUT2D eigenvalue weighted by molar-refractivity contribution is -0.122. The SMILES string of the molecule is CCN1C(=O)/C(=C/c2cc3c(cc2C)N(CC)C(C)(C)C=C3C)SC1=Nc1ccccc1. The van der Waals surface area contributed by atoms with E-state index in [-0.39, 0.29) is 11.4 Å². The number of rotatable bonds is 4. The number of amidine groups is 1. The van der Waals surface area contributed by atoms with Crippen LogP contribution in [0.25, 0.3) is 11.6 Å². The molecular formula is C27H31N3OS. The minimum Gasteiger partial charge on any atom is -0.363 e. The van der Waals surface area contributed by atoms with E-state index in [0.717, 1.165) is 27.9 Å². The molecule has 1 saturated heterocycles. The van der Waals surface area contributed by atoms with Crippen LogP contribution in [0, 0.1) is 6.92 Å². The fraction of sp³-hybridized carbons (Fsp3) is 0.333. The Bertz CT molecular complexity index is 1140. The van der Waals surface area contributed by atoms with E-state index in [1.165, 1.54) is 34.1 Å². The van der Waals surface area contributed by atoms with Crippen molar-refractivity contribution < 1.29 is 4.79 Å². The minimum atomic E-state index is -0.0139. The Hall–Kier alpha value is -2.79. The first-order valence-electron chi connectivity index (χ1n) is 11.2. The predicted octanol–water partition coefficient (Wildman–Crippen LogP) is 6.64. The number of thioether (sulfide) groups is 1. The molecule has 5 heteroatoms. The summed E-state index contributed by atoms with van der Waals surface area (Å²) in [5, 5.41) is 0.737. The van der Waals surface area contributed by atoms with Gasteiger partial charge in [-0.2, -0.15) is 0 Å². The van der Waals surface area contributed by atoms with Crippen molar-refractivity contribution in [1.29, 1.82) is 0 Å². The van der Waals surface area contributed by atoms with Gasteiger partial charge < -0.3 is 4.90 Å². The van der Waals surface area contributed by atoms with E-state index in [4.69, 9.17) is 4.99 Å². The van der Waals surface area contributed by atoms with Crippen molar-refractivity contribution in [1.82, 2.24) is 4.90 Å². The van der Waals surface area contributed by atoms with Crippen LogP contribution in [-0.4, -0.2) is 34.6 Å². The highest BCUT2D eigenvalue weighted by atomic mass is 32.2. The molecule has 32 heavy (non-hydrogen) atoms. The standard InChI is InChI=1S/C27H31N3OS/c1-7-29-25(31)24(32-26(29)28-21-12-10-9-11-13-21)16-20-15-22-19(4)17-27(5,6)30(8-2)23(22)14-18(20)3/h9-17H,7-8H2,1-6H3/b24-16-,28-26?. The number of amides is 1. The maximum absolute atomic E-state index is 13.1. The second-order valence-corrected chi connectivity index (χ2v) is 9.85. The van der Waals surface area contributed by atoms with E-state index in [0.29, 0.717) is 6.54 Å². The van der Waals surface area contributed by atoms with Gasteiger partial charge in [-0.25, -0.2) is 4.99 Å². The van der Waals surface area contributed by atoms with Crippen LogP contribution in [0.15, 0.2) is 58.4 Å². The normalized spacial score (nSPS) is 20.2. The molecule has 4 rings (SSSR count). The third kappa shape index (κ3) is 4.02. The molecule has 0 aliphatic carbocycles. The summed E-state index contributed by atoms with van der Waals surface area (Å²) in [6.45, 7) is 14.6. The first-order chi connectivity index (χ1) is 15.2. The molecule has 2 aromatic rings. The average molecular weight is 446 g/mol. The van der Waals surface area contributed by atoms with Gasteiger partial charge in [0.2, 0.25) is 0 Å². The lowest BCUT2D eigenvalue weighted by atomic mass is 9.87. The van der Waals surface area contributed by atoms with Gasteiger partial charge in [0.15, 0.2) is 5.17 Å². The van der Waals surface area contributed by atoms with Crippen molar-refractivity contribution in [3.05, 3.63) is 70.1 Å². The molecule has 0 spiro atoms. The van der Waals surface area contributed by atoms with Crippen molar-refractivity contribution >= 4 is 45.9 Å². The molecule has 4 nitrogen and oxygen atoms in total. The van der Waals surface area contributed by atoms with Crippen LogP contribution in [0.5, 0.6) is 0 Å². The summed E-state index contributed by atoms with van der Waals surface area (Å²) in [5.41, 5.74) is 6.88. The number of aliphatic imine (C=N–C) groups is 1. The molecule has 166 valence electrons. The molecule has 1 amide bonds. The zero-order chi connectivity index (χ0) is 23.0. The monoisotopic (exact) mass is 445 g/mol. The molecule has 2 heterocycles. The molecule has 0 aromatic heterocycles. The maximum atomic E-state index is 13.1. The Morgan fingerprint density at radius 1 is 1.06 bits per heavy atom. The minimum absolute atomic E-state index is 0.0139. The Morgan fingerprint density at radius 3 is 2.44 bits per heavy atom. The smallest absolute Gasteiger partial charge is 0.266 e. The predicted molar refractivity (Wildman–Crippen MR) is 138 cm³/mol. The number of hydrogen-bond acceptors (Lipinski definition) is 4. The summed E-state index contributed by atoms with van der Waals surface area (Å²) in [6, 6.07) is 14.3. The zero-order valence-electron chi connectivity index (χ0n) is 19.8. The van der Waals surface area contributed by atoms with Gasteiger partial charge in [-0.3, -0.25) is 9.69 Å². The molecule has 1 fully saturated rings. The fourth-order valence-corrected chi connectivity index (χ4v) is 5.66. The lowest BCUT2D eigenvalue weighted by Gasteiger charge is -2.43.